The first kappa shape index (κ1) is 13.6. The largest absolute Gasteiger partial charge is 0.381 e. The molecule has 120 valence electrons. The lowest BCUT2D eigenvalue weighted by molar-refractivity contribution is -0.138. The number of amides is 1. The van der Waals surface area contributed by atoms with Crippen LogP contribution in [0.15, 0.2) is 24.3 Å². The number of hydrogen-bond acceptors (Lipinski definition) is 3. The standard InChI is InChI=1S/C19H22N2O2/c1-2-11-7-12-15(22)8-16-19(9-17(23)21(10-11)18(12)19)13-5-3-4-6-14(13)20-16/h3-6,11-12,16,18,20H,2,7-10H2,1H3/t11-,12+,16-,18-,19-/m1/s1. The lowest BCUT2D eigenvalue weighted by Gasteiger charge is -2.51. The van der Waals surface area contributed by atoms with E-state index in [9.17, 15) is 9.59 Å². The highest BCUT2D eigenvalue weighted by Gasteiger charge is 2.67. The number of benzene rings is 1. The average Bonchev–Trinajstić information content (AvgIpc) is 3.04. The molecule has 5 rings (SSSR count). The van der Waals surface area contributed by atoms with Crippen LogP contribution in [0.5, 0.6) is 0 Å². The number of nitrogens with zero attached hydrogens (tertiary/aromatic N) is 1. The summed E-state index contributed by atoms with van der Waals surface area (Å²) >= 11 is 0. The number of hydrogen-bond donors (Lipinski definition) is 1. The maximum absolute atomic E-state index is 12.9. The van der Waals surface area contributed by atoms with E-state index in [1.165, 1.54) is 5.56 Å². The van der Waals surface area contributed by atoms with Gasteiger partial charge in [-0.3, -0.25) is 9.59 Å². The number of fused-ring (bicyclic) bond motifs is 1. The highest BCUT2D eigenvalue weighted by atomic mass is 16.2. The van der Waals surface area contributed by atoms with E-state index in [-0.39, 0.29) is 29.3 Å². The van der Waals surface area contributed by atoms with E-state index >= 15 is 0 Å². The molecule has 0 unspecified atom stereocenters. The Morgan fingerprint density at radius 3 is 2.96 bits per heavy atom. The number of carbonyl (C=O) groups is 2. The third-order valence-corrected chi connectivity index (χ3v) is 6.83. The number of Topliss-reactive ketones (excluding diaryl/α,β-unsaturated/α-hetero) is 1. The molecule has 2 saturated heterocycles. The molecule has 0 aromatic heterocycles. The maximum atomic E-state index is 12.9. The Morgan fingerprint density at radius 2 is 2.13 bits per heavy atom. The van der Waals surface area contributed by atoms with Crippen LogP contribution < -0.4 is 5.32 Å². The lowest BCUT2D eigenvalue weighted by atomic mass is 9.58. The molecule has 1 aromatic rings. The van der Waals surface area contributed by atoms with Crippen molar-refractivity contribution in [3.05, 3.63) is 29.8 Å². The quantitative estimate of drug-likeness (QED) is 0.866. The van der Waals surface area contributed by atoms with Crippen LogP contribution in [0, 0.1) is 11.8 Å². The van der Waals surface area contributed by atoms with Gasteiger partial charge >= 0.3 is 0 Å². The number of rotatable bonds is 1. The van der Waals surface area contributed by atoms with Crippen LogP contribution in [-0.4, -0.2) is 35.2 Å². The highest BCUT2D eigenvalue weighted by molar-refractivity contribution is 5.93. The van der Waals surface area contributed by atoms with E-state index in [1.807, 2.05) is 6.07 Å². The van der Waals surface area contributed by atoms with Gasteiger partial charge in [0, 0.05) is 42.4 Å². The van der Waals surface area contributed by atoms with Crippen LogP contribution in [0.4, 0.5) is 5.69 Å². The third-order valence-electron chi connectivity index (χ3n) is 6.83. The molecule has 23 heavy (non-hydrogen) atoms. The van der Waals surface area contributed by atoms with Crippen LogP contribution in [0.3, 0.4) is 0 Å². The predicted molar refractivity (Wildman–Crippen MR) is 87.2 cm³/mol. The van der Waals surface area contributed by atoms with Gasteiger partial charge in [0.1, 0.15) is 5.78 Å². The second kappa shape index (κ2) is 4.37. The second-order valence-electron chi connectivity index (χ2n) is 7.74. The fraction of sp³-hybridized carbons (Fsp3) is 0.579. The molecule has 0 radical (unpaired) electrons. The Kier molecular flexibility index (Phi) is 2.58. The smallest absolute Gasteiger partial charge is 0.223 e. The lowest BCUT2D eigenvalue weighted by Crippen LogP contribution is -2.62. The Bertz CT molecular complexity index is 715. The molecule has 1 N–H and O–H groups in total. The number of piperidine rings is 1. The van der Waals surface area contributed by atoms with E-state index in [4.69, 9.17) is 0 Å². The van der Waals surface area contributed by atoms with Crippen molar-refractivity contribution in [2.45, 2.75) is 50.1 Å². The van der Waals surface area contributed by atoms with Crippen molar-refractivity contribution in [2.24, 2.45) is 11.8 Å². The van der Waals surface area contributed by atoms with Gasteiger partial charge in [0.25, 0.3) is 0 Å². The minimum absolute atomic E-state index is 0.0318. The molecular weight excluding hydrogens is 288 g/mol. The number of nitrogens with one attached hydrogen (secondary N) is 1. The van der Waals surface area contributed by atoms with E-state index in [0.717, 1.165) is 25.1 Å². The Morgan fingerprint density at radius 1 is 1.30 bits per heavy atom. The van der Waals surface area contributed by atoms with Gasteiger partial charge in [-0.25, -0.2) is 0 Å². The first-order chi connectivity index (χ1) is 11.1. The average molecular weight is 310 g/mol. The summed E-state index contributed by atoms with van der Waals surface area (Å²) in [6, 6.07) is 8.50. The van der Waals surface area contributed by atoms with Crippen LogP contribution in [-0.2, 0) is 15.0 Å². The molecule has 1 aliphatic carbocycles. The van der Waals surface area contributed by atoms with Gasteiger partial charge < -0.3 is 10.2 Å². The van der Waals surface area contributed by atoms with Crippen molar-refractivity contribution in [1.29, 1.82) is 0 Å². The van der Waals surface area contributed by atoms with Gasteiger partial charge in [-0.05, 0) is 24.0 Å². The van der Waals surface area contributed by atoms with Crippen LogP contribution >= 0.6 is 0 Å². The summed E-state index contributed by atoms with van der Waals surface area (Å²) in [4.78, 5) is 27.7. The first-order valence-electron chi connectivity index (χ1n) is 8.83. The molecule has 1 saturated carbocycles. The predicted octanol–water partition coefficient (Wildman–Crippen LogP) is 2.34. The molecule has 4 nitrogen and oxygen atoms in total. The molecule has 4 heteroatoms. The monoisotopic (exact) mass is 310 g/mol. The molecule has 5 atom stereocenters. The van der Waals surface area contributed by atoms with Crippen molar-refractivity contribution in [2.75, 3.05) is 11.9 Å². The highest BCUT2D eigenvalue weighted by Crippen LogP contribution is 2.58. The number of anilines is 1. The first-order valence-corrected chi connectivity index (χ1v) is 8.83. The van der Waals surface area contributed by atoms with Gasteiger partial charge in [-0.15, -0.1) is 0 Å². The Labute approximate surface area is 136 Å². The molecule has 3 aliphatic heterocycles. The zero-order valence-corrected chi connectivity index (χ0v) is 13.4. The SMILES string of the molecule is CC[C@@H]1C[C@H]2C(=O)C[C@H]3Nc4ccccc4[C@]34CC(=O)N(C1)[C@H]24. The summed E-state index contributed by atoms with van der Waals surface area (Å²) in [5.41, 5.74) is 2.20. The molecule has 1 aromatic carbocycles. The van der Waals surface area contributed by atoms with Gasteiger partial charge in [-0.1, -0.05) is 31.5 Å². The summed E-state index contributed by atoms with van der Waals surface area (Å²) in [6.07, 6.45) is 3.13. The fourth-order valence-electron chi connectivity index (χ4n) is 5.81. The molecule has 0 bridgehead atoms. The molecule has 1 spiro atoms. The Hall–Kier alpha value is -1.84. The summed E-state index contributed by atoms with van der Waals surface area (Å²) in [6.45, 7) is 3.00. The second-order valence-corrected chi connectivity index (χ2v) is 7.74. The number of carbonyl (C=O) groups excluding carboxylic acids is 2. The van der Waals surface area contributed by atoms with E-state index in [0.29, 0.717) is 24.5 Å². The van der Waals surface area contributed by atoms with Crippen molar-refractivity contribution >= 4 is 17.4 Å². The normalized spacial score (nSPS) is 40.5. The van der Waals surface area contributed by atoms with Crippen molar-refractivity contribution in [1.82, 2.24) is 4.90 Å². The summed E-state index contributed by atoms with van der Waals surface area (Å²) in [7, 11) is 0. The van der Waals surface area contributed by atoms with Gasteiger partial charge in [0.15, 0.2) is 0 Å². The molecule has 3 heterocycles. The van der Waals surface area contributed by atoms with Crippen molar-refractivity contribution in [3.63, 3.8) is 0 Å². The van der Waals surface area contributed by atoms with Gasteiger partial charge in [0.05, 0.1) is 6.04 Å². The summed E-state index contributed by atoms with van der Waals surface area (Å²) < 4.78 is 0. The molecular formula is C19H22N2O2. The van der Waals surface area contributed by atoms with Crippen LogP contribution in [0.1, 0.15) is 38.2 Å². The maximum Gasteiger partial charge on any atom is 0.223 e. The van der Waals surface area contributed by atoms with Crippen molar-refractivity contribution in [3.8, 4) is 0 Å². The molecule has 4 aliphatic rings. The Balaban J connectivity index is 1.69. The zero-order valence-electron chi connectivity index (χ0n) is 13.4. The van der Waals surface area contributed by atoms with E-state index < -0.39 is 0 Å². The van der Waals surface area contributed by atoms with Gasteiger partial charge in [-0.2, -0.15) is 0 Å². The van der Waals surface area contributed by atoms with Gasteiger partial charge in [0.2, 0.25) is 5.91 Å². The third kappa shape index (κ3) is 1.52. The zero-order chi connectivity index (χ0) is 15.8. The van der Waals surface area contributed by atoms with Crippen LogP contribution in [0.2, 0.25) is 0 Å². The topological polar surface area (TPSA) is 49.4 Å². The number of ketones is 1. The summed E-state index contributed by atoms with van der Waals surface area (Å²) in [5.74, 6) is 1.11. The summed E-state index contributed by atoms with van der Waals surface area (Å²) in [5, 5.41) is 3.56. The van der Waals surface area contributed by atoms with E-state index in [2.05, 4.69) is 35.3 Å². The molecule has 3 fully saturated rings. The van der Waals surface area contributed by atoms with Crippen LogP contribution in [0.25, 0.3) is 0 Å². The van der Waals surface area contributed by atoms with E-state index in [1.54, 1.807) is 0 Å². The fourth-order valence-corrected chi connectivity index (χ4v) is 5.81. The van der Waals surface area contributed by atoms with Crippen molar-refractivity contribution < 1.29 is 9.59 Å². The molecule has 1 amide bonds. The number of para-hydroxylation sites is 1. The minimum Gasteiger partial charge on any atom is -0.381 e. The minimum atomic E-state index is -0.190.